The maximum atomic E-state index is 13.0. The fraction of sp³-hybridized carbons (Fsp3) is 0.370. The lowest BCUT2D eigenvalue weighted by Crippen LogP contribution is -2.55. The predicted octanol–water partition coefficient (Wildman–Crippen LogP) is 3.46. The molecule has 0 aromatic heterocycles. The molecule has 0 radical (unpaired) electrons. The summed E-state index contributed by atoms with van der Waals surface area (Å²) in [5.41, 5.74) is 4.45. The second-order valence-corrected chi connectivity index (χ2v) is 8.94. The van der Waals surface area contributed by atoms with Crippen LogP contribution in [0.2, 0.25) is 0 Å². The van der Waals surface area contributed by atoms with E-state index in [4.69, 9.17) is 9.47 Å². The first kappa shape index (κ1) is 24.5. The summed E-state index contributed by atoms with van der Waals surface area (Å²) in [5.74, 6) is -2.01. The molecule has 0 spiro atoms. The van der Waals surface area contributed by atoms with Gasteiger partial charge in [-0.1, -0.05) is 60.7 Å². The molecule has 2 aromatic carbocycles. The van der Waals surface area contributed by atoms with Crippen molar-refractivity contribution in [1.29, 1.82) is 0 Å². The van der Waals surface area contributed by atoms with E-state index in [0.29, 0.717) is 6.42 Å². The van der Waals surface area contributed by atoms with Crippen LogP contribution in [0.15, 0.2) is 60.7 Å². The van der Waals surface area contributed by atoms with E-state index in [2.05, 4.69) is 22.8 Å². The van der Waals surface area contributed by atoms with Gasteiger partial charge in [0.15, 0.2) is 0 Å². The molecule has 2 amide bonds. The number of carboxylic acids is 1. The summed E-state index contributed by atoms with van der Waals surface area (Å²) in [4.78, 5) is 37.0. The van der Waals surface area contributed by atoms with Crippen molar-refractivity contribution in [1.82, 2.24) is 10.6 Å². The number of methoxy groups -OCH3 is 1. The number of hydrogen-bond acceptors (Lipinski definition) is 5. The van der Waals surface area contributed by atoms with Gasteiger partial charge in [-0.05, 0) is 42.0 Å². The lowest BCUT2D eigenvalue weighted by Gasteiger charge is -2.27. The molecular weight excluding hydrogens is 448 g/mol. The summed E-state index contributed by atoms with van der Waals surface area (Å²) >= 11 is 0. The van der Waals surface area contributed by atoms with Gasteiger partial charge in [-0.3, -0.25) is 9.59 Å². The molecule has 2 unspecified atom stereocenters. The molecule has 3 N–H and O–H groups in total. The monoisotopic (exact) mass is 478 g/mol. The second kappa shape index (κ2) is 10.7. The summed E-state index contributed by atoms with van der Waals surface area (Å²) in [6.45, 7) is 1.80. The fourth-order valence-electron chi connectivity index (χ4n) is 4.77. The van der Waals surface area contributed by atoms with Gasteiger partial charge in [-0.15, -0.1) is 0 Å². The van der Waals surface area contributed by atoms with E-state index in [0.717, 1.165) is 22.3 Å². The largest absolute Gasteiger partial charge is 0.481 e. The highest BCUT2D eigenvalue weighted by Crippen LogP contribution is 2.44. The van der Waals surface area contributed by atoms with E-state index in [-0.39, 0.29) is 18.9 Å². The van der Waals surface area contributed by atoms with Crippen LogP contribution in [0.4, 0.5) is 4.79 Å². The number of amides is 2. The molecule has 2 aliphatic rings. The van der Waals surface area contributed by atoms with E-state index in [1.807, 2.05) is 36.4 Å². The third-order valence-corrected chi connectivity index (χ3v) is 6.75. The number of hydrogen-bond donors (Lipinski definition) is 3. The number of fused-ring (bicyclic) bond motifs is 3. The summed E-state index contributed by atoms with van der Waals surface area (Å²) in [6, 6.07) is 14.6. The molecular formula is C27H30N2O6. The highest BCUT2D eigenvalue weighted by molar-refractivity contribution is 5.87. The van der Waals surface area contributed by atoms with Crippen LogP contribution in [-0.2, 0) is 19.1 Å². The van der Waals surface area contributed by atoms with Gasteiger partial charge in [-0.25, -0.2) is 4.79 Å². The van der Waals surface area contributed by atoms with Gasteiger partial charge in [0.1, 0.15) is 12.6 Å². The van der Waals surface area contributed by atoms with Crippen LogP contribution in [0.5, 0.6) is 0 Å². The highest BCUT2D eigenvalue weighted by atomic mass is 16.5. The molecule has 0 bridgehead atoms. The number of carboxylic acid groups (broad SMARTS) is 1. The van der Waals surface area contributed by atoms with Gasteiger partial charge in [0, 0.05) is 19.1 Å². The van der Waals surface area contributed by atoms with E-state index >= 15 is 0 Å². The molecule has 4 rings (SSSR count). The Bertz CT molecular complexity index is 1080. The molecule has 8 heteroatoms. The number of alkyl carbamates (subject to hydrolysis) is 1. The Labute approximate surface area is 204 Å². The Kier molecular flexibility index (Phi) is 7.51. The summed E-state index contributed by atoms with van der Waals surface area (Å²) < 4.78 is 10.9. The number of ether oxygens (including phenoxy) is 2. The van der Waals surface area contributed by atoms with Gasteiger partial charge in [0.05, 0.1) is 12.0 Å². The second-order valence-electron chi connectivity index (χ2n) is 8.94. The third-order valence-electron chi connectivity index (χ3n) is 6.75. The van der Waals surface area contributed by atoms with E-state index in [1.54, 1.807) is 19.1 Å². The molecule has 0 saturated carbocycles. The van der Waals surface area contributed by atoms with E-state index in [9.17, 15) is 19.5 Å². The van der Waals surface area contributed by atoms with Crippen LogP contribution in [0.3, 0.4) is 0 Å². The first-order valence-electron chi connectivity index (χ1n) is 11.7. The minimum atomic E-state index is -1.01. The van der Waals surface area contributed by atoms with Crippen LogP contribution in [0, 0.1) is 5.92 Å². The molecule has 0 fully saturated rings. The van der Waals surface area contributed by atoms with Crippen molar-refractivity contribution < 1.29 is 29.0 Å². The van der Waals surface area contributed by atoms with Gasteiger partial charge < -0.3 is 25.2 Å². The molecule has 0 saturated heterocycles. The van der Waals surface area contributed by atoms with Crippen LogP contribution >= 0.6 is 0 Å². The van der Waals surface area contributed by atoms with Crippen molar-refractivity contribution in [2.24, 2.45) is 5.92 Å². The lowest BCUT2D eigenvalue weighted by molar-refractivity contribution is -0.142. The third kappa shape index (κ3) is 5.38. The first-order chi connectivity index (χ1) is 16.9. The van der Waals surface area contributed by atoms with Crippen LogP contribution in [0.25, 0.3) is 11.1 Å². The number of benzene rings is 2. The molecule has 8 nitrogen and oxygen atoms in total. The average Bonchev–Trinajstić information content (AvgIpc) is 3.19. The zero-order chi connectivity index (χ0) is 24.9. The summed E-state index contributed by atoms with van der Waals surface area (Å²) in [5, 5.41) is 14.7. The zero-order valence-electron chi connectivity index (χ0n) is 19.8. The van der Waals surface area contributed by atoms with Crippen LogP contribution < -0.4 is 10.6 Å². The zero-order valence-corrected chi connectivity index (χ0v) is 19.8. The number of allylic oxidation sites excluding steroid dienone is 1. The van der Waals surface area contributed by atoms with E-state index < -0.39 is 42.1 Å². The fourth-order valence-corrected chi connectivity index (χ4v) is 4.77. The Balaban J connectivity index is 1.40. The Morgan fingerprint density at radius 2 is 1.69 bits per heavy atom. The quantitative estimate of drug-likeness (QED) is 0.501. The van der Waals surface area contributed by atoms with Crippen molar-refractivity contribution in [3.63, 3.8) is 0 Å². The highest BCUT2D eigenvalue weighted by Gasteiger charge is 2.33. The Hall–Kier alpha value is -3.65. The van der Waals surface area contributed by atoms with Gasteiger partial charge in [-0.2, -0.15) is 0 Å². The molecule has 35 heavy (non-hydrogen) atoms. The molecule has 2 aliphatic carbocycles. The number of carbonyl (C=O) groups excluding carboxylic acids is 2. The summed E-state index contributed by atoms with van der Waals surface area (Å²) in [6.07, 6.45) is 2.89. The number of carbonyl (C=O) groups is 3. The minimum absolute atomic E-state index is 0.0967. The Morgan fingerprint density at radius 3 is 2.29 bits per heavy atom. The van der Waals surface area contributed by atoms with E-state index in [1.165, 1.54) is 7.11 Å². The predicted molar refractivity (Wildman–Crippen MR) is 130 cm³/mol. The van der Waals surface area contributed by atoms with Gasteiger partial charge >= 0.3 is 12.1 Å². The standard InChI is InChI=1S/C27H30N2O6/c1-16(34-2)24(25(30)28-18-9-7-8-17(14-18)26(31)32)29-27(33)35-15-23-21-12-5-3-10-19(21)20-11-4-6-13-22(20)23/h3-7,9-13,16-18,23-24H,8,14-15H2,1-2H3,(H,28,30)(H,29,33)(H,31,32)/t16?,17-,18-,24?/m0/s1. The Morgan fingerprint density at radius 1 is 1.06 bits per heavy atom. The van der Waals surface area contributed by atoms with Crippen molar-refractivity contribution in [3.05, 3.63) is 71.8 Å². The number of nitrogens with one attached hydrogen (secondary N) is 2. The molecule has 184 valence electrons. The van der Waals surface area contributed by atoms with Gasteiger partial charge in [0.2, 0.25) is 5.91 Å². The van der Waals surface area contributed by atoms with Crippen molar-refractivity contribution >= 4 is 18.0 Å². The van der Waals surface area contributed by atoms with Crippen LogP contribution in [0.1, 0.15) is 36.8 Å². The van der Waals surface area contributed by atoms with Crippen molar-refractivity contribution in [2.45, 2.75) is 43.9 Å². The minimum Gasteiger partial charge on any atom is -0.481 e. The average molecular weight is 479 g/mol. The normalized spacial score (nSPS) is 20.3. The SMILES string of the molecule is COC(C)C(NC(=O)OCC1c2ccccc2-c2ccccc21)C(=O)N[C@H]1C=CC[C@H](C(=O)O)C1. The summed E-state index contributed by atoms with van der Waals surface area (Å²) in [7, 11) is 1.45. The smallest absolute Gasteiger partial charge is 0.407 e. The van der Waals surface area contributed by atoms with Gasteiger partial charge in [0.25, 0.3) is 0 Å². The van der Waals surface area contributed by atoms with Crippen LogP contribution in [-0.4, -0.2) is 55.0 Å². The molecule has 4 atom stereocenters. The van der Waals surface area contributed by atoms with Crippen molar-refractivity contribution in [3.8, 4) is 11.1 Å². The maximum absolute atomic E-state index is 13.0. The molecule has 0 heterocycles. The number of rotatable bonds is 8. The lowest BCUT2D eigenvalue weighted by atomic mass is 9.91. The molecule has 2 aromatic rings. The maximum Gasteiger partial charge on any atom is 0.407 e. The topological polar surface area (TPSA) is 114 Å². The molecule has 0 aliphatic heterocycles. The first-order valence-corrected chi connectivity index (χ1v) is 11.7. The number of aliphatic carboxylic acids is 1. The van der Waals surface area contributed by atoms with Crippen molar-refractivity contribution in [2.75, 3.05) is 13.7 Å².